The molecule has 0 radical (unpaired) electrons. The van der Waals surface area contributed by atoms with Crippen LogP contribution in [-0.4, -0.2) is 49.9 Å². The summed E-state index contributed by atoms with van der Waals surface area (Å²) in [5.74, 6) is 0.872. The molecule has 4 rings (SSSR count). The van der Waals surface area contributed by atoms with E-state index in [1.165, 1.54) is 22.2 Å². The predicted molar refractivity (Wildman–Crippen MR) is 129 cm³/mol. The third kappa shape index (κ3) is 5.58. The lowest BCUT2D eigenvalue weighted by molar-refractivity contribution is 0.122. The van der Waals surface area contributed by atoms with E-state index < -0.39 is 0 Å². The van der Waals surface area contributed by atoms with Crippen LogP contribution in [0.1, 0.15) is 18.9 Å². The molecule has 1 aliphatic heterocycles. The van der Waals surface area contributed by atoms with Gasteiger partial charge in [-0.15, -0.1) is 0 Å². The first-order chi connectivity index (χ1) is 15.3. The van der Waals surface area contributed by atoms with Crippen LogP contribution in [0.4, 0.5) is 5.69 Å². The SMILES string of the molecule is CCNC(=NCc1ccccc1N1CCOCC1)NCCCn1ccc2ccccc21. The first-order valence-corrected chi connectivity index (χ1v) is 11.3. The van der Waals surface area contributed by atoms with Crippen LogP contribution in [0.2, 0.25) is 0 Å². The Morgan fingerprint density at radius 2 is 1.81 bits per heavy atom. The Bertz CT molecular complexity index is 990. The van der Waals surface area contributed by atoms with Crippen LogP contribution in [0.15, 0.2) is 65.8 Å². The molecule has 6 heteroatoms. The lowest BCUT2D eigenvalue weighted by Gasteiger charge is -2.30. The van der Waals surface area contributed by atoms with Crippen molar-refractivity contribution in [3.05, 3.63) is 66.4 Å². The van der Waals surface area contributed by atoms with Crippen LogP contribution in [0.3, 0.4) is 0 Å². The fraction of sp³-hybridized carbons (Fsp3) is 0.400. The minimum Gasteiger partial charge on any atom is -0.378 e. The number of nitrogens with zero attached hydrogens (tertiary/aromatic N) is 3. The Morgan fingerprint density at radius 3 is 2.68 bits per heavy atom. The summed E-state index contributed by atoms with van der Waals surface area (Å²) in [4.78, 5) is 7.25. The number of nitrogens with one attached hydrogen (secondary N) is 2. The second-order valence-electron chi connectivity index (χ2n) is 7.77. The highest BCUT2D eigenvalue weighted by Crippen LogP contribution is 2.22. The minimum atomic E-state index is 0.658. The maximum Gasteiger partial charge on any atom is 0.191 e. The average Bonchev–Trinajstić information content (AvgIpc) is 3.24. The van der Waals surface area contributed by atoms with Crippen molar-refractivity contribution in [1.29, 1.82) is 0 Å². The predicted octanol–water partition coefficient (Wildman–Crippen LogP) is 3.62. The highest BCUT2D eigenvalue weighted by atomic mass is 16.5. The van der Waals surface area contributed by atoms with E-state index in [2.05, 4.69) is 87.8 Å². The van der Waals surface area contributed by atoms with Crippen LogP contribution in [-0.2, 0) is 17.8 Å². The molecule has 164 valence electrons. The highest BCUT2D eigenvalue weighted by Gasteiger charge is 2.14. The molecule has 1 aliphatic rings. The maximum absolute atomic E-state index is 5.51. The zero-order valence-corrected chi connectivity index (χ0v) is 18.4. The number of aromatic nitrogens is 1. The second kappa shape index (κ2) is 10.9. The monoisotopic (exact) mass is 419 g/mol. The Balaban J connectivity index is 1.33. The number of aliphatic imine (C=N–C) groups is 1. The third-order valence-electron chi connectivity index (χ3n) is 5.64. The van der Waals surface area contributed by atoms with Gasteiger partial charge in [-0.25, -0.2) is 4.99 Å². The summed E-state index contributed by atoms with van der Waals surface area (Å²) < 4.78 is 7.82. The first-order valence-electron chi connectivity index (χ1n) is 11.3. The number of hydrogen-bond donors (Lipinski definition) is 2. The molecule has 0 aliphatic carbocycles. The summed E-state index contributed by atoms with van der Waals surface area (Å²) in [7, 11) is 0. The van der Waals surface area contributed by atoms with Gasteiger partial charge in [0.15, 0.2) is 5.96 Å². The zero-order chi connectivity index (χ0) is 21.3. The van der Waals surface area contributed by atoms with Crippen LogP contribution < -0.4 is 15.5 Å². The highest BCUT2D eigenvalue weighted by molar-refractivity contribution is 5.80. The van der Waals surface area contributed by atoms with E-state index in [1.54, 1.807) is 0 Å². The normalized spacial score (nSPS) is 14.7. The average molecular weight is 420 g/mol. The molecule has 6 nitrogen and oxygen atoms in total. The molecule has 0 saturated carbocycles. The van der Waals surface area contributed by atoms with Gasteiger partial charge in [0.1, 0.15) is 0 Å². The van der Waals surface area contributed by atoms with Gasteiger partial charge in [0.05, 0.1) is 19.8 Å². The van der Waals surface area contributed by atoms with Crippen LogP contribution in [0.25, 0.3) is 10.9 Å². The lowest BCUT2D eigenvalue weighted by Crippen LogP contribution is -2.38. The van der Waals surface area contributed by atoms with Crippen LogP contribution >= 0.6 is 0 Å². The quantitative estimate of drug-likeness (QED) is 0.333. The molecular weight excluding hydrogens is 386 g/mol. The van der Waals surface area contributed by atoms with Crippen molar-refractivity contribution in [2.75, 3.05) is 44.3 Å². The van der Waals surface area contributed by atoms with Gasteiger partial charge >= 0.3 is 0 Å². The molecule has 31 heavy (non-hydrogen) atoms. The zero-order valence-electron chi connectivity index (χ0n) is 18.4. The van der Waals surface area contributed by atoms with Gasteiger partial charge in [0, 0.05) is 50.1 Å². The summed E-state index contributed by atoms with van der Waals surface area (Å²) in [6.07, 6.45) is 3.21. The molecule has 0 atom stereocenters. The molecular formula is C25H33N5O. The largest absolute Gasteiger partial charge is 0.378 e. The smallest absolute Gasteiger partial charge is 0.191 e. The van der Waals surface area contributed by atoms with E-state index in [0.717, 1.165) is 58.3 Å². The summed E-state index contributed by atoms with van der Waals surface area (Å²) in [5.41, 5.74) is 3.81. The van der Waals surface area contributed by atoms with E-state index >= 15 is 0 Å². The number of hydrogen-bond acceptors (Lipinski definition) is 3. The van der Waals surface area contributed by atoms with E-state index in [-0.39, 0.29) is 0 Å². The van der Waals surface area contributed by atoms with Crippen LogP contribution in [0, 0.1) is 0 Å². The van der Waals surface area contributed by atoms with Crippen molar-refractivity contribution < 1.29 is 4.74 Å². The van der Waals surface area contributed by atoms with Gasteiger partial charge in [-0.2, -0.15) is 0 Å². The third-order valence-corrected chi connectivity index (χ3v) is 5.64. The minimum absolute atomic E-state index is 0.658. The number of anilines is 1. The summed E-state index contributed by atoms with van der Waals surface area (Å²) >= 11 is 0. The lowest BCUT2D eigenvalue weighted by atomic mass is 10.1. The van der Waals surface area contributed by atoms with Gasteiger partial charge < -0.3 is 24.8 Å². The standard InChI is InChI=1S/C25H33N5O/c1-2-26-25(27-13-7-14-29-15-12-21-8-3-5-10-23(21)29)28-20-22-9-4-6-11-24(22)30-16-18-31-19-17-30/h3-6,8-12,15H,2,7,13-14,16-20H2,1H3,(H2,26,27,28). The van der Waals surface area contributed by atoms with Crippen molar-refractivity contribution >= 4 is 22.5 Å². The van der Waals surface area contributed by atoms with Gasteiger partial charge in [0.25, 0.3) is 0 Å². The number of para-hydroxylation sites is 2. The Kier molecular flexibility index (Phi) is 7.45. The molecule has 1 saturated heterocycles. The fourth-order valence-electron chi connectivity index (χ4n) is 4.06. The number of rotatable bonds is 8. The molecule has 0 amide bonds. The summed E-state index contributed by atoms with van der Waals surface area (Å²) in [6, 6.07) is 19.3. The summed E-state index contributed by atoms with van der Waals surface area (Å²) in [6.45, 7) is 8.93. The molecule has 0 bridgehead atoms. The van der Waals surface area contributed by atoms with Crippen molar-refractivity contribution in [3.63, 3.8) is 0 Å². The number of aryl methyl sites for hydroxylation is 1. The van der Waals surface area contributed by atoms with E-state index in [0.29, 0.717) is 6.54 Å². The first kappa shape index (κ1) is 21.2. The van der Waals surface area contributed by atoms with Crippen molar-refractivity contribution in [3.8, 4) is 0 Å². The Hall–Kier alpha value is -2.99. The molecule has 2 N–H and O–H groups in total. The fourth-order valence-corrected chi connectivity index (χ4v) is 4.06. The number of fused-ring (bicyclic) bond motifs is 1. The van der Waals surface area contributed by atoms with E-state index in [1.807, 2.05) is 0 Å². The maximum atomic E-state index is 5.51. The van der Waals surface area contributed by atoms with Crippen molar-refractivity contribution in [2.45, 2.75) is 26.4 Å². The number of morpholine rings is 1. The number of guanidine groups is 1. The molecule has 2 aromatic carbocycles. The molecule has 2 heterocycles. The van der Waals surface area contributed by atoms with Gasteiger partial charge in [-0.1, -0.05) is 36.4 Å². The number of ether oxygens (including phenoxy) is 1. The second-order valence-corrected chi connectivity index (χ2v) is 7.77. The number of benzene rings is 2. The summed E-state index contributed by atoms with van der Waals surface area (Å²) in [5, 5.41) is 8.16. The van der Waals surface area contributed by atoms with Crippen LogP contribution in [0.5, 0.6) is 0 Å². The van der Waals surface area contributed by atoms with Crippen molar-refractivity contribution in [2.24, 2.45) is 4.99 Å². The van der Waals surface area contributed by atoms with Crippen molar-refractivity contribution in [1.82, 2.24) is 15.2 Å². The van der Waals surface area contributed by atoms with E-state index in [4.69, 9.17) is 9.73 Å². The molecule has 0 spiro atoms. The Labute approximate surface area is 184 Å². The van der Waals surface area contributed by atoms with Gasteiger partial charge in [-0.05, 0) is 42.5 Å². The molecule has 1 aromatic heterocycles. The topological polar surface area (TPSA) is 53.8 Å². The Morgan fingerprint density at radius 1 is 1.00 bits per heavy atom. The molecule has 1 fully saturated rings. The molecule has 3 aromatic rings. The van der Waals surface area contributed by atoms with Gasteiger partial charge in [0.2, 0.25) is 0 Å². The van der Waals surface area contributed by atoms with E-state index in [9.17, 15) is 0 Å². The molecule has 0 unspecified atom stereocenters. The van der Waals surface area contributed by atoms with Gasteiger partial charge in [-0.3, -0.25) is 0 Å².